The van der Waals surface area contributed by atoms with Crippen LogP contribution in [0.1, 0.15) is 0 Å². The summed E-state index contributed by atoms with van der Waals surface area (Å²) >= 11 is 17.2. The highest BCUT2D eigenvalue weighted by molar-refractivity contribution is 7.89. The van der Waals surface area contributed by atoms with Crippen molar-refractivity contribution in [2.75, 3.05) is 32.7 Å². The first kappa shape index (κ1) is 18.5. The molecule has 0 amide bonds. The molecule has 1 fully saturated rings. The predicted molar refractivity (Wildman–Crippen MR) is 97.6 cm³/mol. The van der Waals surface area contributed by atoms with Gasteiger partial charge in [0, 0.05) is 37.7 Å². The third kappa shape index (κ3) is 4.36. The summed E-state index contributed by atoms with van der Waals surface area (Å²) in [7, 11) is -3.67. The van der Waals surface area contributed by atoms with E-state index in [0.29, 0.717) is 42.9 Å². The first-order valence-electron chi connectivity index (χ1n) is 6.95. The molecule has 9 heteroatoms. The molecular weight excluding hydrogens is 377 g/mol. The summed E-state index contributed by atoms with van der Waals surface area (Å²) in [4.78, 5) is 1.97. The van der Waals surface area contributed by atoms with E-state index in [-0.39, 0.29) is 9.92 Å². The maximum Gasteiger partial charge on any atom is 0.244 e. The van der Waals surface area contributed by atoms with E-state index in [1.807, 2.05) is 4.90 Å². The SMILES string of the molecule is C=CCNC(=S)N1CCN(S(=O)(=O)c2cc(Cl)ccc2Cl)CC1. The number of hydrogen-bond donors (Lipinski definition) is 1. The topological polar surface area (TPSA) is 52.6 Å². The van der Waals surface area contributed by atoms with E-state index in [9.17, 15) is 8.42 Å². The molecule has 126 valence electrons. The van der Waals surface area contributed by atoms with Crippen LogP contribution in [-0.2, 0) is 10.0 Å². The van der Waals surface area contributed by atoms with Gasteiger partial charge in [-0.1, -0.05) is 29.3 Å². The van der Waals surface area contributed by atoms with Crippen LogP contribution in [0.2, 0.25) is 10.0 Å². The van der Waals surface area contributed by atoms with Crippen LogP contribution in [0.4, 0.5) is 0 Å². The van der Waals surface area contributed by atoms with E-state index in [1.54, 1.807) is 12.1 Å². The molecule has 1 heterocycles. The van der Waals surface area contributed by atoms with Crippen molar-refractivity contribution in [3.8, 4) is 0 Å². The molecule has 5 nitrogen and oxygen atoms in total. The molecule has 2 rings (SSSR count). The van der Waals surface area contributed by atoms with Gasteiger partial charge in [0.1, 0.15) is 4.90 Å². The molecule has 0 aliphatic carbocycles. The van der Waals surface area contributed by atoms with Gasteiger partial charge in [0.2, 0.25) is 10.0 Å². The minimum absolute atomic E-state index is 0.0347. The van der Waals surface area contributed by atoms with Crippen molar-refractivity contribution >= 4 is 50.6 Å². The molecule has 0 unspecified atom stereocenters. The smallest absolute Gasteiger partial charge is 0.244 e. The molecule has 0 saturated carbocycles. The Morgan fingerprint density at radius 2 is 1.96 bits per heavy atom. The van der Waals surface area contributed by atoms with E-state index >= 15 is 0 Å². The molecule has 1 aromatic rings. The van der Waals surface area contributed by atoms with Crippen LogP contribution in [0, 0.1) is 0 Å². The molecule has 23 heavy (non-hydrogen) atoms. The number of benzene rings is 1. The fourth-order valence-corrected chi connectivity index (χ4v) is 4.64. The van der Waals surface area contributed by atoms with E-state index < -0.39 is 10.0 Å². The van der Waals surface area contributed by atoms with Gasteiger partial charge >= 0.3 is 0 Å². The molecular formula is C14H17Cl2N3O2S2. The minimum Gasteiger partial charge on any atom is -0.359 e. The highest BCUT2D eigenvalue weighted by atomic mass is 35.5. The molecule has 0 bridgehead atoms. The van der Waals surface area contributed by atoms with Crippen LogP contribution in [-0.4, -0.2) is 55.5 Å². The van der Waals surface area contributed by atoms with Gasteiger partial charge in [0.25, 0.3) is 0 Å². The molecule has 0 atom stereocenters. The summed E-state index contributed by atoms with van der Waals surface area (Å²) < 4.78 is 26.8. The van der Waals surface area contributed by atoms with Gasteiger partial charge in [-0.05, 0) is 30.4 Å². The third-order valence-corrected chi connectivity index (χ3v) is 6.45. The van der Waals surface area contributed by atoms with Crippen molar-refractivity contribution in [2.24, 2.45) is 0 Å². The number of halogens is 2. The van der Waals surface area contributed by atoms with E-state index in [4.69, 9.17) is 35.4 Å². The van der Waals surface area contributed by atoms with E-state index in [2.05, 4.69) is 11.9 Å². The fourth-order valence-electron chi connectivity index (χ4n) is 2.22. The second-order valence-electron chi connectivity index (χ2n) is 4.94. The molecule has 1 N–H and O–H groups in total. The summed E-state index contributed by atoms with van der Waals surface area (Å²) in [5, 5.41) is 4.14. The second kappa shape index (κ2) is 7.81. The van der Waals surface area contributed by atoms with Crippen molar-refractivity contribution in [1.29, 1.82) is 0 Å². The Morgan fingerprint density at radius 1 is 1.30 bits per heavy atom. The maximum absolute atomic E-state index is 12.7. The molecule has 0 radical (unpaired) electrons. The number of nitrogens with zero attached hydrogens (tertiary/aromatic N) is 2. The van der Waals surface area contributed by atoms with Gasteiger partial charge in [-0.3, -0.25) is 0 Å². The third-order valence-electron chi connectivity index (χ3n) is 3.43. The summed E-state index contributed by atoms with van der Waals surface area (Å²) in [5.41, 5.74) is 0. The quantitative estimate of drug-likeness (QED) is 0.628. The van der Waals surface area contributed by atoms with Crippen LogP contribution >= 0.6 is 35.4 Å². The Morgan fingerprint density at radius 3 is 2.57 bits per heavy atom. The van der Waals surface area contributed by atoms with Gasteiger partial charge in [0.05, 0.1) is 5.02 Å². The van der Waals surface area contributed by atoms with Crippen molar-refractivity contribution in [3.63, 3.8) is 0 Å². The lowest BCUT2D eigenvalue weighted by atomic mass is 10.4. The number of hydrogen-bond acceptors (Lipinski definition) is 3. The molecule has 1 aliphatic rings. The van der Waals surface area contributed by atoms with Crippen molar-refractivity contribution < 1.29 is 8.42 Å². The average Bonchev–Trinajstić information content (AvgIpc) is 2.54. The Kier molecular flexibility index (Phi) is 6.27. The Bertz CT molecular complexity index is 702. The zero-order valence-electron chi connectivity index (χ0n) is 12.3. The van der Waals surface area contributed by atoms with Crippen LogP contribution in [0.5, 0.6) is 0 Å². The molecule has 0 aromatic heterocycles. The van der Waals surface area contributed by atoms with Crippen molar-refractivity contribution in [1.82, 2.24) is 14.5 Å². The normalized spacial score (nSPS) is 16.2. The summed E-state index contributed by atoms with van der Waals surface area (Å²) in [5.74, 6) is 0. The Hall–Kier alpha value is -0.860. The average molecular weight is 394 g/mol. The molecule has 0 spiro atoms. The highest BCUT2D eigenvalue weighted by Gasteiger charge is 2.30. The van der Waals surface area contributed by atoms with Crippen LogP contribution in [0.15, 0.2) is 35.7 Å². The second-order valence-corrected chi connectivity index (χ2v) is 8.08. The number of piperazine rings is 1. The van der Waals surface area contributed by atoms with Crippen LogP contribution in [0.25, 0.3) is 0 Å². The van der Waals surface area contributed by atoms with Gasteiger partial charge in [0.15, 0.2) is 5.11 Å². The Balaban J connectivity index is 2.08. The lowest BCUT2D eigenvalue weighted by molar-refractivity contribution is 0.264. The van der Waals surface area contributed by atoms with Crippen molar-refractivity contribution in [2.45, 2.75) is 4.90 Å². The monoisotopic (exact) mass is 393 g/mol. The minimum atomic E-state index is -3.67. The Labute approximate surface area is 151 Å². The first-order chi connectivity index (χ1) is 10.9. The zero-order valence-corrected chi connectivity index (χ0v) is 15.5. The highest BCUT2D eigenvalue weighted by Crippen LogP contribution is 2.28. The van der Waals surface area contributed by atoms with Crippen molar-refractivity contribution in [3.05, 3.63) is 40.9 Å². The van der Waals surface area contributed by atoms with Crippen LogP contribution < -0.4 is 5.32 Å². The number of thiocarbonyl (C=S) groups is 1. The lowest BCUT2D eigenvalue weighted by Gasteiger charge is -2.35. The first-order valence-corrected chi connectivity index (χ1v) is 9.55. The number of rotatable bonds is 4. The molecule has 1 saturated heterocycles. The van der Waals surface area contributed by atoms with Gasteiger partial charge in [-0.25, -0.2) is 8.42 Å². The number of sulfonamides is 1. The summed E-state index contributed by atoms with van der Waals surface area (Å²) in [6.07, 6.45) is 1.72. The fraction of sp³-hybridized carbons (Fsp3) is 0.357. The van der Waals surface area contributed by atoms with E-state index in [1.165, 1.54) is 16.4 Å². The van der Waals surface area contributed by atoms with E-state index in [0.717, 1.165) is 0 Å². The summed E-state index contributed by atoms with van der Waals surface area (Å²) in [6, 6.07) is 4.42. The number of nitrogens with one attached hydrogen (secondary N) is 1. The largest absolute Gasteiger partial charge is 0.359 e. The molecule has 1 aliphatic heterocycles. The summed E-state index contributed by atoms with van der Waals surface area (Å²) in [6.45, 7) is 5.90. The predicted octanol–water partition coefficient (Wildman–Crippen LogP) is 2.36. The maximum atomic E-state index is 12.7. The van der Waals surface area contributed by atoms with Gasteiger partial charge < -0.3 is 10.2 Å². The lowest BCUT2D eigenvalue weighted by Crippen LogP contribution is -2.53. The van der Waals surface area contributed by atoms with Crippen LogP contribution in [0.3, 0.4) is 0 Å². The van der Waals surface area contributed by atoms with Gasteiger partial charge in [-0.2, -0.15) is 4.31 Å². The van der Waals surface area contributed by atoms with Gasteiger partial charge in [-0.15, -0.1) is 6.58 Å². The zero-order chi connectivity index (χ0) is 17.0. The standard InChI is InChI=1S/C14H17Cl2N3O2S2/c1-2-5-17-14(22)18-6-8-19(9-7-18)23(20,21)13-10-11(15)3-4-12(13)16/h2-4,10H,1,5-9H2,(H,17,22). The molecule has 1 aromatic carbocycles.